The molecule has 35 heavy (non-hydrogen) atoms. The van der Waals surface area contributed by atoms with Crippen LogP contribution in [0, 0.1) is 6.92 Å². The van der Waals surface area contributed by atoms with Crippen LogP contribution in [0.3, 0.4) is 0 Å². The van der Waals surface area contributed by atoms with Crippen LogP contribution in [0.4, 0.5) is 5.69 Å². The lowest BCUT2D eigenvalue weighted by atomic mass is 10.1. The van der Waals surface area contributed by atoms with E-state index in [1.54, 1.807) is 49.4 Å². The molecule has 1 N–H and O–H groups in total. The number of nitrogens with one attached hydrogen (secondary N) is 1. The van der Waals surface area contributed by atoms with Crippen molar-refractivity contribution >= 4 is 39.1 Å². The molecule has 0 aliphatic rings. The van der Waals surface area contributed by atoms with Crippen molar-refractivity contribution in [2.24, 2.45) is 0 Å². The second-order valence-electron chi connectivity index (χ2n) is 8.01. The van der Waals surface area contributed by atoms with E-state index in [-0.39, 0.29) is 28.1 Å². The second-order valence-corrected chi connectivity index (χ2v) is 10.3. The zero-order chi connectivity index (χ0) is 25.6. The summed E-state index contributed by atoms with van der Waals surface area (Å²) < 4.78 is 28.3. The van der Waals surface area contributed by atoms with Crippen LogP contribution in [0.1, 0.15) is 18.1 Å². The van der Waals surface area contributed by atoms with Crippen molar-refractivity contribution in [2.75, 3.05) is 17.9 Å². The molecule has 0 unspecified atom stereocenters. The number of halogens is 1. The average Bonchev–Trinajstić information content (AvgIpc) is 2.86. The highest BCUT2D eigenvalue weighted by molar-refractivity contribution is 7.92. The third-order valence-corrected chi connectivity index (χ3v) is 7.84. The van der Waals surface area contributed by atoms with Gasteiger partial charge in [-0.2, -0.15) is 0 Å². The van der Waals surface area contributed by atoms with Crippen LogP contribution in [-0.2, 0) is 26.2 Å². The quantitative estimate of drug-likeness (QED) is 0.468. The van der Waals surface area contributed by atoms with E-state index in [2.05, 4.69) is 5.32 Å². The van der Waals surface area contributed by atoms with E-state index >= 15 is 0 Å². The van der Waals surface area contributed by atoms with Crippen LogP contribution in [-0.4, -0.2) is 44.8 Å². The summed E-state index contributed by atoms with van der Waals surface area (Å²) in [6, 6.07) is 21.0. The molecule has 2 amide bonds. The Labute approximate surface area is 211 Å². The van der Waals surface area contributed by atoms with Gasteiger partial charge >= 0.3 is 0 Å². The fourth-order valence-corrected chi connectivity index (χ4v) is 5.39. The molecule has 0 fully saturated rings. The summed E-state index contributed by atoms with van der Waals surface area (Å²) in [4.78, 5) is 27.6. The van der Waals surface area contributed by atoms with Crippen molar-refractivity contribution in [3.63, 3.8) is 0 Å². The van der Waals surface area contributed by atoms with Crippen molar-refractivity contribution in [1.29, 1.82) is 0 Å². The number of nitrogens with zero attached hydrogens (tertiary/aromatic N) is 2. The first-order chi connectivity index (χ1) is 16.7. The molecule has 0 bridgehead atoms. The lowest BCUT2D eigenvalue weighted by Gasteiger charge is -2.32. The van der Waals surface area contributed by atoms with Crippen LogP contribution in [0.25, 0.3) is 0 Å². The summed E-state index contributed by atoms with van der Waals surface area (Å²) >= 11 is 6.37. The molecule has 7 nitrogen and oxygen atoms in total. The Balaban J connectivity index is 2.05. The number of rotatable bonds is 9. The van der Waals surface area contributed by atoms with Crippen LogP contribution in [0.5, 0.6) is 0 Å². The molecule has 0 saturated heterocycles. The number of sulfonamides is 1. The van der Waals surface area contributed by atoms with E-state index in [9.17, 15) is 18.0 Å². The molecule has 0 aliphatic carbocycles. The first-order valence-electron chi connectivity index (χ1n) is 11.0. The van der Waals surface area contributed by atoms with Crippen LogP contribution >= 0.6 is 11.6 Å². The fourth-order valence-electron chi connectivity index (χ4n) is 3.65. The maximum Gasteiger partial charge on any atom is 0.264 e. The average molecular weight is 514 g/mol. The Bertz CT molecular complexity index is 1300. The minimum absolute atomic E-state index is 0.0255. The summed E-state index contributed by atoms with van der Waals surface area (Å²) in [5.41, 5.74) is 1.98. The van der Waals surface area contributed by atoms with E-state index in [0.717, 1.165) is 15.4 Å². The Hall–Kier alpha value is -3.36. The van der Waals surface area contributed by atoms with Gasteiger partial charge in [0.15, 0.2) is 0 Å². The normalized spacial score (nSPS) is 12.0. The van der Waals surface area contributed by atoms with Crippen molar-refractivity contribution in [1.82, 2.24) is 10.2 Å². The predicted molar refractivity (Wildman–Crippen MR) is 138 cm³/mol. The second kappa shape index (κ2) is 11.4. The molecule has 0 spiro atoms. The number of hydrogen-bond acceptors (Lipinski definition) is 4. The Morgan fingerprint density at radius 2 is 1.54 bits per heavy atom. The van der Waals surface area contributed by atoms with Crippen LogP contribution < -0.4 is 9.62 Å². The lowest BCUT2D eigenvalue weighted by Crippen LogP contribution is -2.50. The van der Waals surface area contributed by atoms with E-state index in [1.807, 2.05) is 31.2 Å². The summed E-state index contributed by atoms with van der Waals surface area (Å²) in [5, 5.41) is 2.75. The minimum atomic E-state index is -4.14. The number of carbonyl (C=O) groups excluding carboxylic acids is 2. The number of anilines is 1. The van der Waals surface area contributed by atoms with Crippen LogP contribution in [0.2, 0.25) is 5.02 Å². The van der Waals surface area contributed by atoms with Gasteiger partial charge in [0.2, 0.25) is 11.8 Å². The number of hydrogen-bond donors (Lipinski definition) is 1. The first kappa shape index (κ1) is 26.2. The van der Waals surface area contributed by atoms with Gasteiger partial charge in [-0.3, -0.25) is 13.9 Å². The van der Waals surface area contributed by atoms with Crippen molar-refractivity contribution < 1.29 is 18.0 Å². The molecule has 1 atom stereocenters. The van der Waals surface area contributed by atoms with Gasteiger partial charge in [0.05, 0.1) is 15.6 Å². The summed E-state index contributed by atoms with van der Waals surface area (Å²) in [5.74, 6) is -0.897. The van der Waals surface area contributed by atoms with Crippen molar-refractivity contribution in [3.05, 3.63) is 95.0 Å². The first-order valence-corrected chi connectivity index (χ1v) is 12.9. The largest absolute Gasteiger partial charge is 0.357 e. The van der Waals surface area contributed by atoms with Crippen molar-refractivity contribution in [3.8, 4) is 0 Å². The number of amides is 2. The third-order valence-electron chi connectivity index (χ3n) is 5.75. The number of aryl methyl sites for hydroxylation is 1. The molecule has 3 rings (SSSR count). The molecule has 0 saturated carbocycles. The molecule has 0 heterocycles. The molecular formula is C26H28ClN3O4S. The Morgan fingerprint density at radius 3 is 2.17 bits per heavy atom. The maximum absolute atomic E-state index is 13.7. The topological polar surface area (TPSA) is 86.8 Å². The molecular weight excluding hydrogens is 486 g/mol. The zero-order valence-corrected chi connectivity index (χ0v) is 21.4. The van der Waals surface area contributed by atoms with Gasteiger partial charge in [-0.05, 0) is 49.2 Å². The Kier molecular flexibility index (Phi) is 8.53. The molecule has 3 aromatic rings. The molecule has 3 aromatic carbocycles. The highest BCUT2D eigenvalue weighted by Gasteiger charge is 2.33. The van der Waals surface area contributed by atoms with Gasteiger partial charge in [-0.15, -0.1) is 0 Å². The van der Waals surface area contributed by atoms with Crippen LogP contribution in [0.15, 0.2) is 83.8 Å². The van der Waals surface area contributed by atoms with Gasteiger partial charge in [0.25, 0.3) is 10.0 Å². The van der Waals surface area contributed by atoms with Gasteiger partial charge in [-0.25, -0.2) is 8.42 Å². The van der Waals surface area contributed by atoms with Gasteiger partial charge in [-0.1, -0.05) is 66.2 Å². The highest BCUT2D eigenvalue weighted by atomic mass is 35.5. The monoisotopic (exact) mass is 513 g/mol. The van der Waals surface area contributed by atoms with Gasteiger partial charge < -0.3 is 10.2 Å². The molecule has 184 valence electrons. The third kappa shape index (κ3) is 6.01. The van der Waals surface area contributed by atoms with Gasteiger partial charge in [0, 0.05) is 13.6 Å². The number of likely N-dealkylation sites (N-methyl/N-ethyl adjacent to an activating group) is 1. The summed E-state index contributed by atoms with van der Waals surface area (Å²) in [6.45, 7) is 3.13. The Morgan fingerprint density at radius 1 is 0.943 bits per heavy atom. The SMILES string of the molecule is CNC(=O)[C@H](C)N(Cc1ccccc1C)C(=O)CN(c1ccccc1Cl)S(=O)(=O)c1ccccc1. The maximum atomic E-state index is 13.7. The van der Waals surface area contributed by atoms with Crippen molar-refractivity contribution in [2.45, 2.75) is 31.3 Å². The summed E-state index contributed by atoms with van der Waals surface area (Å²) in [6.07, 6.45) is 0. The van der Waals surface area contributed by atoms with E-state index in [4.69, 9.17) is 11.6 Å². The van der Waals surface area contributed by atoms with E-state index in [0.29, 0.717) is 0 Å². The zero-order valence-electron chi connectivity index (χ0n) is 19.8. The smallest absolute Gasteiger partial charge is 0.264 e. The number of benzene rings is 3. The minimum Gasteiger partial charge on any atom is -0.357 e. The molecule has 9 heteroatoms. The lowest BCUT2D eigenvalue weighted by molar-refractivity contribution is -0.139. The van der Waals surface area contributed by atoms with E-state index < -0.39 is 28.5 Å². The van der Waals surface area contributed by atoms with Gasteiger partial charge in [0.1, 0.15) is 12.6 Å². The predicted octanol–water partition coefficient (Wildman–Crippen LogP) is 4.01. The molecule has 0 radical (unpaired) electrons. The number of para-hydroxylation sites is 1. The number of carbonyl (C=O) groups is 2. The fraction of sp³-hybridized carbons (Fsp3) is 0.231. The van der Waals surface area contributed by atoms with E-state index in [1.165, 1.54) is 24.1 Å². The highest BCUT2D eigenvalue weighted by Crippen LogP contribution is 2.30. The molecule has 0 aliphatic heterocycles. The summed E-state index contributed by atoms with van der Waals surface area (Å²) in [7, 11) is -2.65. The standard InChI is InChI=1S/C26H28ClN3O4S/c1-19-11-7-8-12-21(19)17-29(20(2)26(32)28-3)25(31)18-30(24-16-10-9-15-23(24)27)35(33,34)22-13-5-4-6-14-22/h4-16,20H,17-18H2,1-3H3,(H,28,32)/t20-/m0/s1. The molecule has 0 aromatic heterocycles.